The third-order valence-corrected chi connectivity index (χ3v) is 4.90. The van der Waals surface area contributed by atoms with E-state index in [0.717, 1.165) is 44.3 Å². The van der Waals surface area contributed by atoms with Crippen molar-refractivity contribution in [3.8, 4) is 5.75 Å². The van der Waals surface area contributed by atoms with Gasteiger partial charge in [0.05, 0.1) is 19.2 Å². The molecule has 3 rings (SSSR count). The molecule has 1 aromatic carbocycles. The fourth-order valence-electron chi connectivity index (χ4n) is 3.40. The van der Waals surface area contributed by atoms with Crippen molar-refractivity contribution in [3.63, 3.8) is 0 Å². The third-order valence-electron chi connectivity index (χ3n) is 4.90. The van der Waals surface area contributed by atoms with Crippen molar-refractivity contribution < 1.29 is 4.74 Å². The molecular formula is C18H28N6O. The smallest absolute Gasteiger partial charge is 0.173 e. The van der Waals surface area contributed by atoms with Crippen molar-refractivity contribution >= 4 is 0 Å². The van der Waals surface area contributed by atoms with Gasteiger partial charge in [0.25, 0.3) is 0 Å². The first-order valence-electron chi connectivity index (χ1n) is 9.02. The Morgan fingerprint density at radius 3 is 2.32 bits per heavy atom. The number of hydrogen-bond acceptors (Lipinski definition) is 6. The summed E-state index contributed by atoms with van der Waals surface area (Å²) in [6, 6.07) is 8.54. The molecular weight excluding hydrogens is 316 g/mol. The molecule has 1 aliphatic rings. The number of nitrogens with zero attached hydrogens (tertiary/aromatic N) is 6. The van der Waals surface area contributed by atoms with Crippen LogP contribution in [0.1, 0.15) is 44.2 Å². The van der Waals surface area contributed by atoms with E-state index >= 15 is 0 Å². The van der Waals surface area contributed by atoms with E-state index in [1.54, 1.807) is 7.11 Å². The average Bonchev–Trinajstić information content (AvgIpc) is 3.13. The van der Waals surface area contributed by atoms with E-state index in [2.05, 4.69) is 58.2 Å². The molecule has 0 spiro atoms. The Labute approximate surface area is 149 Å². The average molecular weight is 344 g/mol. The van der Waals surface area contributed by atoms with Gasteiger partial charge in [-0.1, -0.05) is 19.1 Å². The zero-order valence-corrected chi connectivity index (χ0v) is 15.6. The maximum absolute atomic E-state index is 5.31. The van der Waals surface area contributed by atoms with Gasteiger partial charge in [-0.25, -0.2) is 4.68 Å². The lowest BCUT2D eigenvalue weighted by Gasteiger charge is -2.38. The van der Waals surface area contributed by atoms with Crippen LogP contribution in [0.3, 0.4) is 0 Å². The summed E-state index contributed by atoms with van der Waals surface area (Å²) in [5.41, 5.74) is 1.20. The Balaban J connectivity index is 1.94. The van der Waals surface area contributed by atoms with Gasteiger partial charge < -0.3 is 9.64 Å². The Bertz CT molecular complexity index is 660. The zero-order valence-electron chi connectivity index (χ0n) is 15.6. The van der Waals surface area contributed by atoms with Crippen LogP contribution in [0.2, 0.25) is 0 Å². The van der Waals surface area contributed by atoms with Crippen LogP contribution in [0.15, 0.2) is 24.3 Å². The number of methoxy groups -OCH3 is 1. The normalized spacial score (nSPS) is 17.8. The van der Waals surface area contributed by atoms with Gasteiger partial charge in [-0.3, -0.25) is 4.90 Å². The minimum atomic E-state index is 0.0577. The largest absolute Gasteiger partial charge is 0.497 e. The van der Waals surface area contributed by atoms with Crippen LogP contribution in [-0.4, -0.2) is 69.8 Å². The Kier molecular flexibility index (Phi) is 5.65. The molecule has 1 aliphatic heterocycles. The molecule has 136 valence electrons. The van der Waals surface area contributed by atoms with Gasteiger partial charge in [0, 0.05) is 26.2 Å². The van der Waals surface area contributed by atoms with Crippen LogP contribution < -0.4 is 4.74 Å². The molecule has 0 amide bonds. The predicted molar refractivity (Wildman–Crippen MR) is 96.7 cm³/mol. The third kappa shape index (κ3) is 3.82. The highest BCUT2D eigenvalue weighted by Crippen LogP contribution is 2.30. The summed E-state index contributed by atoms with van der Waals surface area (Å²) in [4.78, 5) is 4.96. The predicted octanol–water partition coefficient (Wildman–Crippen LogP) is 1.99. The van der Waals surface area contributed by atoms with Gasteiger partial charge >= 0.3 is 0 Å². The molecule has 1 unspecified atom stereocenters. The number of likely N-dealkylation sites (N-methyl/N-ethyl adjacent to an activating group) is 1. The minimum Gasteiger partial charge on any atom is -0.497 e. The van der Waals surface area contributed by atoms with Crippen LogP contribution >= 0.6 is 0 Å². The number of hydrogen-bond donors (Lipinski definition) is 0. The molecule has 0 N–H and O–H groups in total. The fourth-order valence-corrected chi connectivity index (χ4v) is 3.40. The monoisotopic (exact) mass is 344 g/mol. The highest BCUT2D eigenvalue weighted by atomic mass is 16.5. The molecule has 0 saturated carbocycles. The Morgan fingerprint density at radius 1 is 1.08 bits per heavy atom. The number of aromatic nitrogens is 4. The van der Waals surface area contributed by atoms with E-state index in [1.165, 1.54) is 5.56 Å². The summed E-state index contributed by atoms with van der Waals surface area (Å²) in [7, 11) is 1.69. The van der Waals surface area contributed by atoms with Crippen LogP contribution in [0, 0.1) is 0 Å². The van der Waals surface area contributed by atoms with Crippen molar-refractivity contribution in [1.82, 2.24) is 30.0 Å². The lowest BCUT2D eigenvalue weighted by molar-refractivity contribution is 0.108. The van der Waals surface area contributed by atoms with Crippen LogP contribution in [-0.2, 0) is 0 Å². The Morgan fingerprint density at radius 2 is 1.76 bits per heavy atom. The first kappa shape index (κ1) is 17.8. The molecule has 1 atom stereocenters. The number of tetrazole rings is 1. The second kappa shape index (κ2) is 7.93. The van der Waals surface area contributed by atoms with Gasteiger partial charge in [-0.2, -0.15) is 0 Å². The van der Waals surface area contributed by atoms with E-state index in [-0.39, 0.29) is 12.1 Å². The van der Waals surface area contributed by atoms with Crippen molar-refractivity contribution in [2.75, 3.05) is 39.8 Å². The van der Waals surface area contributed by atoms with E-state index in [0.29, 0.717) is 0 Å². The van der Waals surface area contributed by atoms with Gasteiger partial charge in [-0.15, -0.1) is 5.10 Å². The topological polar surface area (TPSA) is 59.3 Å². The lowest BCUT2D eigenvalue weighted by atomic mass is 10.0. The molecule has 7 nitrogen and oxygen atoms in total. The molecule has 25 heavy (non-hydrogen) atoms. The molecule has 7 heteroatoms. The van der Waals surface area contributed by atoms with Crippen LogP contribution in [0.5, 0.6) is 5.75 Å². The summed E-state index contributed by atoms with van der Waals surface area (Å²) in [6.45, 7) is 11.7. The van der Waals surface area contributed by atoms with E-state index in [9.17, 15) is 0 Å². The van der Waals surface area contributed by atoms with Crippen molar-refractivity contribution in [2.24, 2.45) is 0 Å². The lowest BCUT2D eigenvalue weighted by Crippen LogP contribution is -2.48. The van der Waals surface area contributed by atoms with E-state index in [1.807, 2.05) is 16.8 Å². The quantitative estimate of drug-likeness (QED) is 0.799. The molecule has 0 radical (unpaired) electrons. The van der Waals surface area contributed by atoms with Gasteiger partial charge in [0.1, 0.15) is 5.75 Å². The first-order valence-corrected chi connectivity index (χ1v) is 9.02. The van der Waals surface area contributed by atoms with Gasteiger partial charge in [0.15, 0.2) is 5.82 Å². The summed E-state index contributed by atoms with van der Waals surface area (Å²) in [6.07, 6.45) is 0. The van der Waals surface area contributed by atoms with Crippen LogP contribution in [0.4, 0.5) is 0 Å². The van der Waals surface area contributed by atoms with Crippen molar-refractivity contribution in [3.05, 3.63) is 35.7 Å². The van der Waals surface area contributed by atoms with Crippen molar-refractivity contribution in [1.29, 1.82) is 0 Å². The number of piperazine rings is 1. The Hall–Kier alpha value is -1.99. The molecule has 2 heterocycles. The first-order chi connectivity index (χ1) is 12.1. The second-order valence-corrected chi connectivity index (χ2v) is 6.72. The maximum atomic E-state index is 5.31. The summed E-state index contributed by atoms with van der Waals surface area (Å²) in [5.74, 6) is 1.77. The minimum absolute atomic E-state index is 0.0577. The molecule has 1 saturated heterocycles. The van der Waals surface area contributed by atoms with E-state index in [4.69, 9.17) is 4.74 Å². The molecule has 1 fully saturated rings. The number of rotatable bonds is 6. The van der Waals surface area contributed by atoms with Gasteiger partial charge in [-0.05, 0) is 48.5 Å². The second-order valence-electron chi connectivity index (χ2n) is 6.72. The zero-order chi connectivity index (χ0) is 17.8. The number of benzene rings is 1. The summed E-state index contributed by atoms with van der Waals surface area (Å²) in [5, 5.41) is 12.6. The summed E-state index contributed by atoms with van der Waals surface area (Å²) >= 11 is 0. The van der Waals surface area contributed by atoms with Gasteiger partial charge in [0.2, 0.25) is 0 Å². The van der Waals surface area contributed by atoms with Crippen LogP contribution in [0.25, 0.3) is 0 Å². The van der Waals surface area contributed by atoms with E-state index < -0.39 is 0 Å². The molecule has 1 aromatic heterocycles. The highest BCUT2D eigenvalue weighted by molar-refractivity contribution is 5.32. The standard InChI is InChI=1S/C18H28N6O/c1-5-22-10-12-23(13-11-22)17(15-6-8-16(25-4)9-7-15)18-19-20-21-24(18)14(2)3/h6-9,14,17H,5,10-13H2,1-4H3. The highest BCUT2D eigenvalue weighted by Gasteiger charge is 2.30. The SMILES string of the molecule is CCN1CCN(C(c2ccc(OC)cc2)c2nnnn2C(C)C)CC1. The molecule has 0 aliphatic carbocycles. The summed E-state index contributed by atoms with van der Waals surface area (Å²) < 4.78 is 7.24. The molecule has 2 aromatic rings. The number of ether oxygens (including phenoxy) is 1. The van der Waals surface area contributed by atoms with Crippen molar-refractivity contribution in [2.45, 2.75) is 32.9 Å². The fraction of sp³-hybridized carbons (Fsp3) is 0.611. The maximum Gasteiger partial charge on any atom is 0.173 e. The molecule has 0 bridgehead atoms.